The molecule has 0 radical (unpaired) electrons. The van der Waals surface area contributed by atoms with E-state index in [1.807, 2.05) is 18.2 Å². The fourth-order valence-electron chi connectivity index (χ4n) is 2.38. The van der Waals surface area contributed by atoms with Gasteiger partial charge < -0.3 is 9.47 Å². The highest BCUT2D eigenvalue weighted by Gasteiger charge is 2.29. The van der Waals surface area contributed by atoms with Crippen LogP contribution in [0.4, 0.5) is 0 Å². The largest absolute Gasteiger partial charge is 0.378 e. The number of hydrogen-bond donors (Lipinski definition) is 0. The van der Waals surface area contributed by atoms with E-state index in [0.29, 0.717) is 25.6 Å². The molecule has 0 aliphatic heterocycles. The minimum absolute atomic E-state index is 0.190. The molecule has 0 aromatic heterocycles. The van der Waals surface area contributed by atoms with Crippen molar-refractivity contribution in [2.75, 3.05) is 26.1 Å². The van der Waals surface area contributed by atoms with Gasteiger partial charge in [-0.15, -0.1) is 0 Å². The van der Waals surface area contributed by atoms with Crippen LogP contribution in [0.25, 0.3) is 0 Å². The van der Waals surface area contributed by atoms with E-state index in [4.69, 9.17) is 9.47 Å². The van der Waals surface area contributed by atoms with E-state index < -0.39 is 10.1 Å². The minimum Gasteiger partial charge on any atom is -0.378 e. The monoisotopic (exact) mass is 328 g/mol. The summed E-state index contributed by atoms with van der Waals surface area (Å²) >= 11 is 0. The molecule has 5 nitrogen and oxygen atoms in total. The van der Waals surface area contributed by atoms with Crippen LogP contribution < -0.4 is 0 Å². The SMILES string of the molecule is CS(=O)(=O)OCCCOC1CC(COCc2ccccc2)C1. The molecule has 0 unspecified atom stereocenters. The van der Waals surface area contributed by atoms with Crippen LogP contribution in [0.15, 0.2) is 30.3 Å². The van der Waals surface area contributed by atoms with Crippen molar-refractivity contribution in [1.29, 1.82) is 0 Å². The number of ether oxygens (including phenoxy) is 2. The van der Waals surface area contributed by atoms with E-state index in [-0.39, 0.29) is 12.7 Å². The summed E-state index contributed by atoms with van der Waals surface area (Å²) in [6.45, 7) is 2.16. The topological polar surface area (TPSA) is 61.8 Å². The third kappa shape index (κ3) is 6.87. The predicted octanol–water partition coefficient (Wildman–Crippen LogP) is 2.36. The first-order chi connectivity index (χ1) is 10.5. The van der Waals surface area contributed by atoms with Gasteiger partial charge >= 0.3 is 0 Å². The maximum absolute atomic E-state index is 10.8. The highest BCUT2D eigenvalue weighted by atomic mass is 32.2. The van der Waals surface area contributed by atoms with Crippen LogP contribution >= 0.6 is 0 Å². The molecular weight excluding hydrogens is 304 g/mol. The van der Waals surface area contributed by atoms with Crippen LogP contribution in [0.2, 0.25) is 0 Å². The van der Waals surface area contributed by atoms with Gasteiger partial charge in [0.25, 0.3) is 10.1 Å². The zero-order valence-electron chi connectivity index (χ0n) is 12.9. The number of benzene rings is 1. The third-order valence-electron chi connectivity index (χ3n) is 3.60. The van der Waals surface area contributed by atoms with Crippen molar-refractivity contribution in [3.63, 3.8) is 0 Å². The van der Waals surface area contributed by atoms with Crippen LogP contribution in [0, 0.1) is 5.92 Å². The lowest BCUT2D eigenvalue weighted by molar-refractivity contribution is -0.0604. The molecule has 0 N–H and O–H groups in total. The second-order valence-electron chi connectivity index (χ2n) is 5.71. The van der Waals surface area contributed by atoms with Crippen molar-refractivity contribution >= 4 is 10.1 Å². The van der Waals surface area contributed by atoms with Crippen molar-refractivity contribution in [3.8, 4) is 0 Å². The highest BCUT2D eigenvalue weighted by molar-refractivity contribution is 7.85. The Kier molecular flexibility index (Phi) is 6.82. The molecule has 22 heavy (non-hydrogen) atoms. The van der Waals surface area contributed by atoms with Crippen molar-refractivity contribution in [2.45, 2.75) is 32.0 Å². The quantitative estimate of drug-likeness (QED) is 0.487. The number of hydrogen-bond acceptors (Lipinski definition) is 5. The Morgan fingerprint density at radius 2 is 1.86 bits per heavy atom. The third-order valence-corrected chi connectivity index (χ3v) is 4.19. The van der Waals surface area contributed by atoms with Crippen molar-refractivity contribution in [3.05, 3.63) is 35.9 Å². The molecule has 0 spiro atoms. The van der Waals surface area contributed by atoms with Gasteiger partial charge in [-0.05, 0) is 30.7 Å². The van der Waals surface area contributed by atoms with Gasteiger partial charge in [-0.25, -0.2) is 0 Å². The fourth-order valence-corrected chi connectivity index (χ4v) is 2.80. The van der Waals surface area contributed by atoms with Crippen molar-refractivity contribution < 1.29 is 22.1 Å². The first kappa shape index (κ1) is 17.4. The summed E-state index contributed by atoms with van der Waals surface area (Å²) in [5, 5.41) is 0. The molecule has 6 heteroatoms. The molecule has 124 valence electrons. The van der Waals surface area contributed by atoms with E-state index in [2.05, 4.69) is 16.3 Å². The summed E-state index contributed by atoms with van der Waals surface area (Å²) in [5.41, 5.74) is 1.19. The van der Waals surface area contributed by atoms with Crippen LogP contribution in [0.1, 0.15) is 24.8 Å². The lowest BCUT2D eigenvalue weighted by Crippen LogP contribution is -2.34. The fraction of sp³-hybridized carbons (Fsp3) is 0.625. The van der Waals surface area contributed by atoms with Crippen LogP contribution in [-0.2, 0) is 30.4 Å². The first-order valence-corrected chi connectivity index (χ1v) is 9.42. The average molecular weight is 328 g/mol. The molecule has 0 amide bonds. The molecule has 2 rings (SSSR count). The summed E-state index contributed by atoms with van der Waals surface area (Å²) in [4.78, 5) is 0. The molecule has 0 bridgehead atoms. The van der Waals surface area contributed by atoms with E-state index in [0.717, 1.165) is 25.7 Å². The second kappa shape index (κ2) is 8.62. The average Bonchev–Trinajstić information content (AvgIpc) is 2.43. The van der Waals surface area contributed by atoms with Gasteiger partial charge in [0.15, 0.2) is 0 Å². The number of rotatable bonds is 10. The Morgan fingerprint density at radius 3 is 2.55 bits per heavy atom. The van der Waals surface area contributed by atoms with Gasteiger partial charge in [-0.2, -0.15) is 8.42 Å². The second-order valence-corrected chi connectivity index (χ2v) is 7.35. The van der Waals surface area contributed by atoms with Crippen LogP contribution in [0.3, 0.4) is 0 Å². The van der Waals surface area contributed by atoms with Gasteiger partial charge in [0.1, 0.15) is 0 Å². The molecule has 0 saturated heterocycles. The minimum atomic E-state index is -3.33. The molecule has 1 aromatic carbocycles. The summed E-state index contributed by atoms with van der Waals surface area (Å²) in [5.74, 6) is 0.570. The lowest BCUT2D eigenvalue weighted by Gasteiger charge is -2.34. The molecule has 1 aromatic rings. The molecule has 1 saturated carbocycles. The normalized spacial score (nSPS) is 21.5. The molecule has 1 aliphatic rings. The maximum atomic E-state index is 10.8. The summed E-state index contributed by atoms with van der Waals surface area (Å²) in [6.07, 6.45) is 3.96. The zero-order chi connectivity index (χ0) is 15.8. The van der Waals surface area contributed by atoms with Gasteiger partial charge in [0.2, 0.25) is 0 Å². The van der Waals surface area contributed by atoms with E-state index in [9.17, 15) is 8.42 Å². The summed E-state index contributed by atoms with van der Waals surface area (Å²) in [7, 11) is -3.33. The molecule has 1 fully saturated rings. The Balaban J connectivity index is 1.45. The molecule has 1 aliphatic carbocycles. The predicted molar refractivity (Wildman–Crippen MR) is 84.0 cm³/mol. The van der Waals surface area contributed by atoms with Gasteiger partial charge in [-0.1, -0.05) is 30.3 Å². The van der Waals surface area contributed by atoms with Crippen LogP contribution in [-0.4, -0.2) is 40.6 Å². The Hall–Kier alpha value is -0.950. The van der Waals surface area contributed by atoms with Crippen molar-refractivity contribution in [2.24, 2.45) is 5.92 Å². The molecule has 0 heterocycles. The Morgan fingerprint density at radius 1 is 1.14 bits per heavy atom. The summed E-state index contributed by atoms with van der Waals surface area (Å²) in [6, 6.07) is 10.1. The Labute approximate surface area is 132 Å². The van der Waals surface area contributed by atoms with Gasteiger partial charge in [-0.3, -0.25) is 4.18 Å². The maximum Gasteiger partial charge on any atom is 0.264 e. The Bertz CT molecular complexity index is 523. The van der Waals surface area contributed by atoms with Crippen LogP contribution in [0.5, 0.6) is 0 Å². The smallest absolute Gasteiger partial charge is 0.264 e. The standard InChI is InChI=1S/C16H24O5S/c1-22(17,18)21-9-5-8-20-16-10-15(11-16)13-19-12-14-6-3-2-4-7-14/h2-4,6-7,15-16H,5,8-13H2,1H3. The van der Waals surface area contributed by atoms with E-state index in [1.54, 1.807) is 0 Å². The highest BCUT2D eigenvalue weighted by Crippen LogP contribution is 2.30. The lowest BCUT2D eigenvalue weighted by atomic mass is 9.83. The van der Waals surface area contributed by atoms with E-state index >= 15 is 0 Å². The first-order valence-electron chi connectivity index (χ1n) is 7.60. The van der Waals surface area contributed by atoms with Crippen molar-refractivity contribution in [1.82, 2.24) is 0 Å². The summed E-state index contributed by atoms with van der Waals surface area (Å²) < 4.78 is 37.5. The zero-order valence-corrected chi connectivity index (χ0v) is 13.8. The van der Waals surface area contributed by atoms with Gasteiger partial charge in [0.05, 0.1) is 32.2 Å². The van der Waals surface area contributed by atoms with Gasteiger partial charge in [0, 0.05) is 6.61 Å². The molecular formula is C16H24O5S. The molecule has 0 atom stereocenters. The van der Waals surface area contributed by atoms with E-state index in [1.165, 1.54) is 5.56 Å².